The van der Waals surface area contributed by atoms with Crippen LogP contribution in [0.25, 0.3) is 11.1 Å². The van der Waals surface area contributed by atoms with Gasteiger partial charge in [-0.05, 0) is 54.4 Å². The van der Waals surface area contributed by atoms with Gasteiger partial charge in [-0.1, -0.05) is 86.2 Å². The molecule has 0 fully saturated rings. The highest BCUT2D eigenvalue weighted by atomic mass is 14.4. The summed E-state index contributed by atoms with van der Waals surface area (Å²) in [6.07, 6.45) is 3.62. The van der Waals surface area contributed by atoms with Gasteiger partial charge in [-0.3, -0.25) is 0 Å². The summed E-state index contributed by atoms with van der Waals surface area (Å²) in [5, 5.41) is 0. The van der Waals surface area contributed by atoms with Crippen molar-refractivity contribution in [3.8, 4) is 11.1 Å². The largest absolute Gasteiger partial charge is 0.0959 e. The number of hydrogen-bond acceptors (Lipinski definition) is 0. The molecule has 0 radical (unpaired) electrons. The summed E-state index contributed by atoms with van der Waals surface area (Å²) in [7, 11) is 0. The highest BCUT2D eigenvalue weighted by Crippen LogP contribution is 2.46. The van der Waals surface area contributed by atoms with Crippen LogP contribution in [-0.4, -0.2) is 0 Å². The summed E-state index contributed by atoms with van der Waals surface area (Å²) < 4.78 is 0. The van der Waals surface area contributed by atoms with Crippen molar-refractivity contribution in [2.45, 2.75) is 40.0 Å². The molecule has 124 valence electrons. The molecule has 0 heterocycles. The minimum Gasteiger partial charge on any atom is -0.0959 e. The van der Waals surface area contributed by atoms with Crippen LogP contribution in [0.5, 0.6) is 0 Å². The standard InChI is InChI=1S/C24H28/c1-16(2)18(5)14-23-21-13-9-12-20(19-10-7-6-8-11-19)24(21)15-22(23)17(3)4/h6-14,17,22-23H,1,15H2,2-5H3. The van der Waals surface area contributed by atoms with Crippen molar-refractivity contribution in [2.24, 2.45) is 11.8 Å². The van der Waals surface area contributed by atoms with Crippen LogP contribution in [0.2, 0.25) is 0 Å². The molecule has 2 aromatic carbocycles. The first-order valence-corrected chi connectivity index (χ1v) is 9.00. The zero-order valence-electron chi connectivity index (χ0n) is 15.3. The zero-order chi connectivity index (χ0) is 17.3. The van der Waals surface area contributed by atoms with Gasteiger partial charge < -0.3 is 0 Å². The van der Waals surface area contributed by atoms with E-state index in [0.29, 0.717) is 17.8 Å². The Kier molecular flexibility index (Phi) is 4.76. The lowest BCUT2D eigenvalue weighted by Gasteiger charge is -2.22. The third-order valence-electron chi connectivity index (χ3n) is 5.52. The van der Waals surface area contributed by atoms with Gasteiger partial charge >= 0.3 is 0 Å². The number of allylic oxidation sites excluding steroid dienone is 3. The normalized spacial score (nSPS) is 20.3. The topological polar surface area (TPSA) is 0 Å². The van der Waals surface area contributed by atoms with Crippen molar-refractivity contribution < 1.29 is 0 Å². The lowest BCUT2D eigenvalue weighted by molar-refractivity contribution is 0.374. The SMILES string of the molecule is C=C(C)C(C)=CC1c2cccc(-c3ccccc3)c2CC1C(C)C. The summed E-state index contributed by atoms with van der Waals surface area (Å²) in [5.74, 6) is 1.83. The molecule has 0 N–H and O–H groups in total. The Morgan fingerprint density at radius 3 is 2.38 bits per heavy atom. The van der Waals surface area contributed by atoms with Crippen LogP contribution >= 0.6 is 0 Å². The van der Waals surface area contributed by atoms with Crippen molar-refractivity contribution in [2.75, 3.05) is 0 Å². The molecule has 0 saturated heterocycles. The van der Waals surface area contributed by atoms with Gasteiger partial charge in [0.25, 0.3) is 0 Å². The second-order valence-electron chi connectivity index (χ2n) is 7.51. The van der Waals surface area contributed by atoms with E-state index >= 15 is 0 Å². The second kappa shape index (κ2) is 6.81. The van der Waals surface area contributed by atoms with Gasteiger partial charge in [0.05, 0.1) is 0 Å². The monoisotopic (exact) mass is 316 g/mol. The van der Waals surface area contributed by atoms with E-state index in [1.807, 2.05) is 0 Å². The predicted octanol–water partition coefficient (Wildman–Crippen LogP) is 6.79. The van der Waals surface area contributed by atoms with Crippen LogP contribution in [0.1, 0.15) is 44.7 Å². The van der Waals surface area contributed by atoms with Crippen molar-refractivity contribution in [1.29, 1.82) is 0 Å². The van der Waals surface area contributed by atoms with E-state index in [1.165, 1.54) is 39.8 Å². The summed E-state index contributed by atoms with van der Waals surface area (Å²) in [6, 6.07) is 17.6. The Hall–Kier alpha value is -2.08. The molecule has 0 heteroatoms. The van der Waals surface area contributed by atoms with Gasteiger partial charge in [0.1, 0.15) is 0 Å². The molecule has 24 heavy (non-hydrogen) atoms. The van der Waals surface area contributed by atoms with E-state index in [9.17, 15) is 0 Å². The van der Waals surface area contributed by atoms with Gasteiger partial charge in [0.15, 0.2) is 0 Å². The highest BCUT2D eigenvalue weighted by Gasteiger charge is 2.34. The Morgan fingerprint density at radius 1 is 1.04 bits per heavy atom. The maximum atomic E-state index is 4.12. The summed E-state index contributed by atoms with van der Waals surface area (Å²) in [6.45, 7) is 13.1. The van der Waals surface area contributed by atoms with Crippen LogP contribution in [0.15, 0.2) is 72.3 Å². The molecule has 2 unspecified atom stereocenters. The average molecular weight is 316 g/mol. The lowest BCUT2D eigenvalue weighted by Crippen LogP contribution is -2.13. The molecular formula is C24H28. The fourth-order valence-electron chi connectivity index (χ4n) is 3.90. The molecular weight excluding hydrogens is 288 g/mol. The van der Waals surface area contributed by atoms with Crippen LogP contribution in [0, 0.1) is 11.8 Å². The first-order valence-electron chi connectivity index (χ1n) is 9.00. The van der Waals surface area contributed by atoms with Gasteiger partial charge in [-0.25, -0.2) is 0 Å². The fraction of sp³-hybridized carbons (Fsp3) is 0.333. The van der Waals surface area contributed by atoms with Crippen molar-refractivity contribution in [3.05, 3.63) is 83.5 Å². The van der Waals surface area contributed by atoms with Gasteiger partial charge in [-0.15, -0.1) is 0 Å². The maximum Gasteiger partial charge on any atom is 0.00606 e. The number of rotatable bonds is 4. The lowest BCUT2D eigenvalue weighted by atomic mass is 9.82. The molecule has 0 bridgehead atoms. The Bertz CT molecular complexity index is 762. The third-order valence-corrected chi connectivity index (χ3v) is 5.52. The van der Waals surface area contributed by atoms with E-state index in [-0.39, 0.29) is 0 Å². The minimum absolute atomic E-state index is 0.500. The average Bonchev–Trinajstić information content (AvgIpc) is 2.94. The molecule has 0 aromatic heterocycles. The molecule has 0 saturated carbocycles. The van der Waals surface area contributed by atoms with Crippen LogP contribution in [0.4, 0.5) is 0 Å². The van der Waals surface area contributed by atoms with E-state index < -0.39 is 0 Å². The predicted molar refractivity (Wildman–Crippen MR) is 105 cm³/mol. The second-order valence-corrected chi connectivity index (χ2v) is 7.51. The minimum atomic E-state index is 0.500. The van der Waals surface area contributed by atoms with E-state index in [4.69, 9.17) is 0 Å². The Balaban J connectivity index is 2.11. The number of benzene rings is 2. The van der Waals surface area contributed by atoms with Crippen molar-refractivity contribution >= 4 is 0 Å². The molecule has 0 nitrogen and oxygen atoms in total. The van der Waals surface area contributed by atoms with Gasteiger partial charge in [-0.2, -0.15) is 0 Å². The number of fused-ring (bicyclic) bond motifs is 1. The van der Waals surface area contributed by atoms with Crippen LogP contribution < -0.4 is 0 Å². The first kappa shape index (κ1) is 16.8. The zero-order valence-corrected chi connectivity index (χ0v) is 15.3. The summed E-state index contributed by atoms with van der Waals surface area (Å²) >= 11 is 0. The molecule has 2 aromatic rings. The van der Waals surface area contributed by atoms with Gasteiger partial charge in [0.2, 0.25) is 0 Å². The smallest absolute Gasteiger partial charge is 0.00606 e. The van der Waals surface area contributed by atoms with E-state index in [0.717, 1.165) is 0 Å². The Labute approximate surface area is 146 Å². The van der Waals surface area contributed by atoms with Crippen LogP contribution in [0.3, 0.4) is 0 Å². The third kappa shape index (κ3) is 3.11. The molecule has 1 aliphatic carbocycles. The van der Waals surface area contributed by atoms with Gasteiger partial charge in [0, 0.05) is 5.92 Å². The molecule has 1 aliphatic rings. The van der Waals surface area contributed by atoms with E-state index in [2.05, 4.69) is 88.9 Å². The quantitative estimate of drug-likeness (QED) is 0.545. The van der Waals surface area contributed by atoms with E-state index in [1.54, 1.807) is 0 Å². The Morgan fingerprint density at radius 2 is 1.75 bits per heavy atom. The molecule has 2 atom stereocenters. The molecule has 3 rings (SSSR count). The summed E-state index contributed by atoms with van der Waals surface area (Å²) in [5.41, 5.74) is 8.28. The number of hydrogen-bond donors (Lipinski definition) is 0. The molecule has 0 spiro atoms. The highest BCUT2D eigenvalue weighted by molar-refractivity contribution is 5.70. The first-order chi connectivity index (χ1) is 11.5. The van der Waals surface area contributed by atoms with Crippen molar-refractivity contribution in [3.63, 3.8) is 0 Å². The molecule has 0 aliphatic heterocycles. The maximum absolute atomic E-state index is 4.12. The van der Waals surface area contributed by atoms with Crippen LogP contribution in [-0.2, 0) is 6.42 Å². The summed E-state index contributed by atoms with van der Waals surface area (Å²) in [4.78, 5) is 0. The fourth-order valence-corrected chi connectivity index (χ4v) is 3.90. The molecule has 0 amide bonds. The van der Waals surface area contributed by atoms with Crippen molar-refractivity contribution in [1.82, 2.24) is 0 Å².